The van der Waals surface area contributed by atoms with Crippen molar-refractivity contribution in [3.05, 3.63) is 53.3 Å². The lowest BCUT2D eigenvalue weighted by atomic mass is 10.0. The number of hydrogen-bond donors (Lipinski definition) is 2. The molecule has 150 valence electrons. The highest BCUT2D eigenvalue weighted by molar-refractivity contribution is 5.63. The van der Waals surface area contributed by atoms with E-state index in [0.717, 1.165) is 16.7 Å². The fourth-order valence-electron chi connectivity index (χ4n) is 3.13. The van der Waals surface area contributed by atoms with E-state index in [4.69, 9.17) is 30.4 Å². The molecule has 0 amide bonds. The molecule has 9 nitrogen and oxygen atoms in total. The molecule has 4 rings (SSSR count). The fraction of sp³-hybridized carbons (Fsp3) is 0.250. The molecule has 0 radical (unpaired) electrons. The zero-order chi connectivity index (χ0) is 20.4. The Labute approximate surface area is 167 Å². The fourth-order valence-corrected chi connectivity index (χ4v) is 3.13. The van der Waals surface area contributed by atoms with Gasteiger partial charge in [0, 0.05) is 29.8 Å². The Morgan fingerprint density at radius 2 is 2.00 bits per heavy atom. The van der Waals surface area contributed by atoms with Crippen LogP contribution in [0.5, 0.6) is 23.1 Å². The maximum absolute atomic E-state index is 6.16. The van der Waals surface area contributed by atoms with Gasteiger partial charge in [0.1, 0.15) is 6.61 Å². The van der Waals surface area contributed by atoms with Gasteiger partial charge in [0.25, 0.3) is 0 Å². The van der Waals surface area contributed by atoms with Crippen LogP contribution in [0.1, 0.15) is 22.8 Å². The molecule has 4 N–H and O–H groups in total. The molecule has 29 heavy (non-hydrogen) atoms. The van der Waals surface area contributed by atoms with Crippen molar-refractivity contribution in [3.63, 3.8) is 0 Å². The number of nitrogens with two attached hydrogens (primary N) is 2. The smallest absolute Gasteiger partial charge is 0.212 e. The van der Waals surface area contributed by atoms with Crippen LogP contribution in [0.25, 0.3) is 0 Å². The van der Waals surface area contributed by atoms with Gasteiger partial charge in [0.15, 0.2) is 23.4 Å². The number of methoxy groups -OCH3 is 2. The highest BCUT2D eigenvalue weighted by atomic mass is 16.6. The maximum atomic E-state index is 6.16. The lowest BCUT2D eigenvalue weighted by Crippen LogP contribution is -2.22. The summed E-state index contributed by atoms with van der Waals surface area (Å²) in [6.45, 7) is 0.347. The Kier molecular flexibility index (Phi) is 4.94. The number of nitrogens with zero attached hydrogens (tertiary/aromatic N) is 3. The Morgan fingerprint density at radius 3 is 2.72 bits per heavy atom. The van der Waals surface area contributed by atoms with Crippen molar-refractivity contribution in [2.45, 2.75) is 12.5 Å². The number of rotatable bonds is 5. The topological polar surface area (TPSA) is 128 Å². The van der Waals surface area contributed by atoms with Gasteiger partial charge in [-0.15, -0.1) is 5.10 Å². The second kappa shape index (κ2) is 7.70. The summed E-state index contributed by atoms with van der Waals surface area (Å²) in [6, 6.07) is 7.46. The third-order valence-corrected chi connectivity index (χ3v) is 4.69. The first-order valence-corrected chi connectivity index (χ1v) is 8.95. The average Bonchev–Trinajstić information content (AvgIpc) is 2.76. The van der Waals surface area contributed by atoms with E-state index in [1.165, 1.54) is 0 Å². The highest BCUT2D eigenvalue weighted by Crippen LogP contribution is 2.44. The summed E-state index contributed by atoms with van der Waals surface area (Å²) < 4.78 is 22.8. The molecule has 1 atom stereocenters. The van der Waals surface area contributed by atoms with Gasteiger partial charge in [0.2, 0.25) is 11.6 Å². The molecule has 1 aromatic carbocycles. The van der Waals surface area contributed by atoms with Crippen LogP contribution in [0.2, 0.25) is 0 Å². The van der Waals surface area contributed by atoms with Gasteiger partial charge in [0.05, 0.1) is 26.1 Å². The van der Waals surface area contributed by atoms with E-state index >= 15 is 0 Å². The van der Waals surface area contributed by atoms with Crippen LogP contribution in [0.4, 0.5) is 11.5 Å². The SMILES string of the molecule is COc1ccc(C2COc3cc(Cc4cnnc(N)c4N)cc(OC)c3O2)cn1. The Morgan fingerprint density at radius 1 is 1.14 bits per heavy atom. The molecule has 0 saturated carbocycles. The van der Waals surface area contributed by atoms with Gasteiger partial charge >= 0.3 is 0 Å². The standard InChI is InChI=1S/C20H21N5O4/c1-26-14-6-11(5-13-9-24-25-20(22)18(13)21)7-15-19(14)29-16(10-28-15)12-3-4-17(27-2)23-8-12/h3-4,6-9,16H,5,10H2,1-2H3,(H2,21,24)(H2,22,25). The van der Waals surface area contributed by atoms with Crippen LogP contribution < -0.4 is 30.4 Å². The van der Waals surface area contributed by atoms with Crippen LogP contribution in [-0.4, -0.2) is 36.0 Å². The van der Waals surface area contributed by atoms with E-state index in [0.29, 0.717) is 41.8 Å². The van der Waals surface area contributed by atoms with Gasteiger partial charge < -0.3 is 30.4 Å². The zero-order valence-corrected chi connectivity index (χ0v) is 16.1. The third-order valence-electron chi connectivity index (χ3n) is 4.69. The number of ether oxygens (including phenoxy) is 4. The molecule has 0 fully saturated rings. The second-order valence-corrected chi connectivity index (χ2v) is 6.52. The first kappa shape index (κ1) is 18.6. The molecule has 0 aliphatic carbocycles. The number of fused-ring (bicyclic) bond motifs is 1. The summed E-state index contributed by atoms with van der Waals surface area (Å²) in [7, 11) is 3.16. The van der Waals surface area contributed by atoms with E-state index in [2.05, 4.69) is 15.2 Å². The summed E-state index contributed by atoms with van der Waals surface area (Å²) in [5.41, 5.74) is 14.8. The van der Waals surface area contributed by atoms with Gasteiger partial charge in [-0.3, -0.25) is 0 Å². The largest absolute Gasteiger partial charge is 0.493 e. The molecule has 0 spiro atoms. The maximum Gasteiger partial charge on any atom is 0.212 e. The Balaban J connectivity index is 1.61. The first-order valence-electron chi connectivity index (χ1n) is 8.95. The summed E-state index contributed by atoms with van der Waals surface area (Å²) >= 11 is 0. The monoisotopic (exact) mass is 395 g/mol. The number of benzene rings is 1. The molecule has 3 heterocycles. The second-order valence-electron chi connectivity index (χ2n) is 6.52. The van der Waals surface area contributed by atoms with Crippen LogP contribution in [0, 0.1) is 0 Å². The molecular formula is C20H21N5O4. The van der Waals surface area contributed by atoms with Gasteiger partial charge in [-0.2, -0.15) is 5.10 Å². The average molecular weight is 395 g/mol. The highest BCUT2D eigenvalue weighted by Gasteiger charge is 2.27. The number of hydrogen-bond acceptors (Lipinski definition) is 9. The zero-order valence-electron chi connectivity index (χ0n) is 16.1. The number of aromatic nitrogens is 3. The van der Waals surface area contributed by atoms with Crippen molar-refractivity contribution in [1.29, 1.82) is 0 Å². The quantitative estimate of drug-likeness (QED) is 0.668. The van der Waals surface area contributed by atoms with E-state index in [-0.39, 0.29) is 11.9 Å². The molecule has 0 saturated heterocycles. The van der Waals surface area contributed by atoms with Crippen LogP contribution in [0.3, 0.4) is 0 Å². The first-order chi connectivity index (χ1) is 14.1. The minimum absolute atomic E-state index is 0.211. The van der Waals surface area contributed by atoms with Crippen LogP contribution in [0.15, 0.2) is 36.7 Å². The predicted octanol–water partition coefficient (Wildman–Crippen LogP) is 2.16. The van der Waals surface area contributed by atoms with Gasteiger partial charge in [-0.25, -0.2) is 4.98 Å². The normalized spacial score (nSPS) is 15.0. The van der Waals surface area contributed by atoms with Crippen LogP contribution >= 0.6 is 0 Å². The van der Waals surface area contributed by atoms with Crippen molar-refractivity contribution >= 4 is 11.5 Å². The Bertz CT molecular complexity index is 1010. The molecule has 2 aromatic heterocycles. The number of anilines is 2. The van der Waals surface area contributed by atoms with Gasteiger partial charge in [-0.1, -0.05) is 0 Å². The van der Waals surface area contributed by atoms with Crippen molar-refractivity contribution in [2.24, 2.45) is 0 Å². The van der Waals surface area contributed by atoms with E-state index in [9.17, 15) is 0 Å². The van der Waals surface area contributed by atoms with E-state index in [1.807, 2.05) is 18.2 Å². The van der Waals surface area contributed by atoms with Crippen molar-refractivity contribution in [1.82, 2.24) is 15.2 Å². The summed E-state index contributed by atoms with van der Waals surface area (Å²) in [5, 5.41) is 7.62. The van der Waals surface area contributed by atoms with E-state index in [1.54, 1.807) is 32.7 Å². The molecule has 9 heteroatoms. The summed E-state index contributed by atoms with van der Waals surface area (Å²) in [5.74, 6) is 2.47. The molecule has 3 aromatic rings. The minimum atomic E-state index is -0.305. The predicted molar refractivity (Wildman–Crippen MR) is 106 cm³/mol. The van der Waals surface area contributed by atoms with Crippen molar-refractivity contribution in [2.75, 3.05) is 32.3 Å². The minimum Gasteiger partial charge on any atom is -0.493 e. The third kappa shape index (κ3) is 3.66. The van der Waals surface area contributed by atoms with E-state index < -0.39 is 0 Å². The molecule has 1 aliphatic rings. The number of nitrogen functional groups attached to an aromatic ring is 2. The van der Waals surface area contributed by atoms with Crippen molar-refractivity contribution < 1.29 is 18.9 Å². The van der Waals surface area contributed by atoms with Crippen molar-refractivity contribution in [3.8, 4) is 23.1 Å². The molecule has 1 unspecified atom stereocenters. The summed E-state index contributed by atoms with van der Waals surface area (Å²) in [4.78, 5) is 4.23. The Hall–Kier alpha value is -3.75. The van der Waals surface area contributed by atoms with Gasteiger partial charge in [-0.05, 0) is 23.8 Å². The van der Waals surface area contributed by atoms with Crippen LogP contribution in [-0.2, 0) is 6.42 Å². The molecule has 0 bridgehead atoms. The molecule has 1 aliphatic heterocycles. The lowest BCUT2D eigenvalue weighted by Gasteiger charge is -2.28. The summed E-state index contributed by atoms with van der Waals surface area (Å²) in [6.07, 6.45) is 3.51. The molecular weight excluding hydrogens is 374 g/mol. The number of pyridine rings is 1. The lowest BCUT2D eigenvalue weighted by molar-refractivity contribution is 0.0867.